The molecule has 82 valence electrons. The lowest BCUT2D eigenvalue weighted by atomic mass is 10.4. The Balaban J connectivity index is 2.27. The molecule has 2 aromatic rings. The van der Waals surface area contributed by atoms with Crippen LogP contribution in [0.2, 0.25) is 0 Å². The Morgan fingerprint density at radius 1 is 1.12 bits per heavy atom. The lowest BCUT2D eigenvalue weighted by Gasteiger charge is -2.02. The highest BCUT2D eigenvalue weighted by molar-refractivity contribution is 7.99. The van der Waals surface area contributed by atoms with Gasteiger partial charge >= 0.3 is 0 Å². The van der Waals surface area contributed by atoms with Gasteiger partial charge in [0.15, 0.2) is 0 Å². The predicted molar refractivity (Wildman–Crippen MR) is 61.4 cm³/mol. The summed E-state index contributed by atoms with van der Waals surface area (Å²) in [6, 6.07) is 7.80. The first-order chi connectivity index (χ1) is 7.63. The van der Waals surface area contributed by atoms with Gasteiger partial charge in [-0.15, -0.1) is 0 Å². The molecule has 0 aliphatic carbocycles. The van der Waals surface area contributed by atoms with E-state index in [-0.39, 0.29) is 11.8 Å². The van der Waals surface area contributed by atoms with Crippen molar-refractivity contribution in [1.82, 2.24) is 9.97 Å². The van der Waals surface area contributed by atoms with E-state index in [1.165, 1.54) is 23.9 Å². The van der Waals surface area contributed by atoms with Gasteiger partial charge in [-0.1, -0.05) is 17.8 Å². The van der Waals surface area contributed by atoms with E-state index >= 15 is 0 Å². The van der Waals surface area contributed by atoms with Gasteiger partial charge in [-0.25, -0.2) is 9.37 Å². The second-order valence-corrected chi connectivity index (χ2v) is 4.14. The van der Waals surface area contributed by atoms with Crippen LogP contribution < -0.4 is 11.5 Å². The van der Waals surface area contributed by atoms with E-state index in [1.54, 1.807) is 18.2 Å². The molecule has 0 fully saturated rings. The van der Waals surface area contributed by atoms with Crippen LogP contribution in [-0.4, -0.2) is 9.97 Å². The van der Waals surface area contributed by atoms with Gasteiger partial charge in [0.25, 0.3) is 0 Å². The zero-order valence-electron chi connectivity index (χ0n) is 8.22. The van der Waals surface area contributed by atoms with E-state index in [0.29, 0.717) is 10.8 Å². The standard InChI is InChI=1S/C10H9FN4S/c11-6-2-1-3-7(4-6)16-9-5-8(12)14-10(13)15-9/h1-5H,(H4,12,13,14,15). The van der Waals surface area contributed by atoms with E-state index in [1.807, 2.05) is 0 Å². The van der Waals surface area contributed by atoms with Crippen molar-refractivity contribution in [1.29, 1.82) is 0 Å². The Hall–Kier alpha value is -1.82. The molecule has 0 unspecified atom stereocenters. The van der Waals surface area contributed by atoms with Crippen molar-refractivity contribution >= 4 is 23.5 Å². The molecule has 6 heteroatoms. The number of benzene rings is 1. The molecule has 4 nitrogen and oxygen atoms in total. The first kappa shape index (κ1) is 10.7. The molecule has 0 saturated carbocycles. The monoisotopic (exact) mass is 236 g/mol. The Bertz CT molecular complexity index is 498. The van der Waals surface area contributed by atoms with Crippen LogP contribution in [0.1, 0.15) is 0 Å². The van der Waals surface area contributed by atoms with Gasteiger partial charge < -0.3 is 11.5 Å². The molecule has 0 atom stereocenters. The van der Waals surface area contributed by atoms with Gasteiger partial charge in [-0.2, -0.15) is 4.98 Å². The zero-order chi connectivity index (χ0) is 11.5. The summed E-state index contributed by atoms with van der Waals surface area (Å²) < 4.78 is 12.9. The molecule has 1 heterocycles. The summed E-state index contributed by atoms with van der Waals surface area (Å²) in [6.45, 7) is 0. The molecule has 0 aliphatic rings. The largest absolute Gasteiger partial charge is 0.383 e. The van der Waals surface area contributed by atoms with Crippen LogP contribution in [0.5, 0.6) is 0 Å². The Kier molecular flexibility index (Phi) is 2.91. The van der Waals surface area contributed by atoms with E-state index in [9.17, 15) is 4.39 Å². The van der Waals surface area contributed by atoms with Crippen molar-refractivity contribution in [3.05, 3.63) is 36.1 Å². The van der Waals surface area contributed by atoms with Gasteiger partial charge in [0.2, 0.25) is 5.95 Å². The number of anilines is 2. The van der Waals surface area contributed by atoms with Crippen molar-refractivity contribution in [2.24, 2.45) is 0 Å². The molecule has 0 saturated heterocycles. The minimum absolute atomic E-state index is 0.110. The van der Waals surface area contributed by atoms with Gasteiger partial charge in [-0.05, 0) is 18.2 Å². The molecular weight excluding hydrogens is 227 g/mol. The number of nitrogens with two attached hydrogens (primary N) is 2. The van der Waals surface area contributed by atoms with Crippen molar-refractivity contribution in [2.75, 3.05) is 11.5 Å². The van der Waals surface area contributed by atoms with Crippen LogP contribution >= 0.6 is 11.8 Å². The first-order valence-electron chi connectivity index (χ1n) is 4.47. The normalized spacial score (nSPS) is 10.3. The summed E-state index contributed by atoms with van der Waals surface area (Å²) in [5, 5.41) is 0.593. The van der Waals surface area contributed by atoms with Gasteiger partial charge in [0.05, 0.1) is 0 Å². The maximum atomic E-state index is 12.9. The average molecular weight is 236 g/mol. The fourth-order valence-electron chi connectivity index (χ4n) is 1.16. The lowest BCUT2D eigenvalue weighted by molar-refractivity contribution is 0.624. The Morgan fingerprint density at radius 2 is 1.94 bits per heavy atom. The zero-order valence-corrected chi connectivity index (χ0v) is 9.04. The Labute approximate surface area is 95.9 Å². The van der Waals surface area contributed by atoms with Crippen LogP contribution in [0.3, 0.4) is 0 Å². The highest BCUT2D eigenvalue weighted by Gasteiger charge is 2.03. The van der Waals surface area contributed by atoms with Crippen molar-refractivity contribution in [2.45, 2.75) is 9.92 Å². The number of aromatic nitrogens is 2. The summed E-state index contributed by atoms with van der Waals surface area (Å²) in [5.74, 6) is 0.116. The number of hydrogen-bond acceptors (Lipinski definition) is 5. The highest BCUT2D eigenvalue weighted by Crippen LogP contribution is 2.27. The number of nitrogen functional groups attached to an aromatic ring is 2. The quantitative estimate of drug-likeness (QED) is 0.779. The van der Waals surface area contributed by atoms with Crippen molar-refractivity contribution < 1.29 is 4.39 Å². The molecule has 1 aromatic carbocycles. The molecule has 4 N–H and O–H groups in total. The molecule has 0 aliphatic heterocycles. The summed E-state index contributed by atoms with van der Waals surface area (Å²) in [4.78, 5) is 8.47. The number of rotatable bonds is 2. The van der Waals surface area contributed by atoms with Crippen molar-refractivity contribution in [3.63, 3.8) is 0 Å². The van der Waals surface area contributed by atoms with Gasteiger partial charge in [0, 0.05) is 11.0 Å². The lowest BCUT2D eigenvalue weighted by Crippen LogP contribution is -1.99. The third-order valence-corrected chi connectivity index (χ3v) is 2.67. The molecule has 0 amide bonds. The topological polar surface area (TPSA) is 77.8 Å². The number of hydrogen-bond donors (Lipinski definition) is 2. The summed E-state index contributed by atoms with van der Waals surface area (Å²) >= 11 is 1.28. The van der Waals surface area contributed by atoms with Crippen LogP contribution in [0.15, 0.2) is 40.3 Å². The maximum Gasteiger partial charge on any atom is 0.223 e. The molecule has 16 heavy (non-hydrogen) atoms. The van der Waals surface area contributed by atoms with Gasteiger partial charge in [-0.3, -0.25) is 0 Å². The Morgan fingerprint density at radius 3 is 2.62 bits per heavy atom. The van der Waals surface area contributed by atoms with Crippen LogP contribution in [0.4, 0.5) is 16.2 Å². The first-order valence-corrected chi connectivity index (χ1v) is 5.28. The molecule has 0 spiro atoms. The third kappa shape index (κ3) is 2.60. The molecule has 0 radical (unpaired) electrons. The number of halogens is 1. The van der Waals surface area contributed by atoms with E-state index in [4.69, 9.17) is 11.5 Å². The predicted octanol–water partition coefficient (Wildman–Crippen LogP) is 1.93. The average Bonchev–Trinajstić information content (AvgIpc) is 2.15. The number of nitrogens with zero attached hydrogens (tertiary/aromatic N) is 2. The molecule has 1 aromatic heterocycles. The van der Waals surface area contributed by atoms with E-state index < -0.39 is 0 Å². The minimum atomic E-state index is -0.292. The van der Waals surface area contributed by atoms with Crippen LogP contribution in [-0.2, 0) is 0 Å². The molecule has 0 bridgehead atoms. The van der Waals surface area contributed by atoms with Crippen LogP contribution in [0, 0.1) is 5.82 Å². The van der Waals surface area contributed by atoms with Crippen molar-refractivity contribution in [3.8, 4) is 0 Å². The second-order valence-electron chi connectivity index (χ2n) is 3.05. The smallest absolute Gasteiger partial charge is 0.223 e. The fourth-order valence-corrected chi connectivity index (χ4v) is 2.04. The molecule has 2 rings (SSSR count). The molecular formula is C10H9FN4S. The summed E-state index contributed by atoms with van der Waals surface area (Å²) in [6.07, 6.45) is 0. The van der Waals surface area contributed by atoms with E-state index in [2.05, 4.69) is 9.97 Å². The van der Waals surface area contributed by atoms with E-state index in [0.717, 1.165) is 4.90 Å². The summed E-state index contributed by atoms with van der Waals surface area (Å²) in [7, 11) is 0. The SMILES string of the molecule is Nc1cc(Sc2cccc(F)c2)nc(N)n1. The third-order valence-electron chi connectivity index (χ3n) is 1.76. The summed E-state index contributed by atoms with van der Waals surface area (Å²) in [5.41, 5.74) is 11.0. The highest BCUT2D eigenvalue weighted by atomic mass is 32.2. The minimum Gasteiger partial charge on any atom is -0.383 e. The maximum absolute atomic E-state index is 12.9. The van der Waals surface area contributed by atoms with Gasteiger partial charge in [0.1, 0.15) is 16.7 Å². The second kappa shape index (κ2) is 4.36. The van der Waals surface area contributed by atoms with Crippen LogP contribution in [0.25, 0.3) is 0 Å². The fraction of sp³-hybridized carbons (Fsp3) is 0.